The summed E-state index contributed by atoms with van der Waals surface area (Å²) < 4.78 is 0. The number of hydrogen-bond acceptors (Lipinski definition) is 4. The maximum atomic E-state index is 9.71. The van der Waals surface area contributed by atoms with Crippen LogP contribution in [-0.4, -0.2) is 34.5 Å². The van der Waals surface area contributed by atoms with Gasteiger partial charge >= 0.3 is 0 Å². The fourth-order valence-electron chi connectivity index (χ4n) is 2.53. The number of β-amino-alcohol motifs (C(OH)–C–C–N with tert-alkyl or cyclic N) is 1. The molecule has 2 aromatic rings. The Kier molecular flexibility index (Phi) is 3.65. The van der Waals surface area contributed by atoms with Gasteiger partial charge in [-0.05, 0) is 31.9 Å². The Hall–Kier alpha value is -1.94. The summed E-state index contributed by atoms with van der Waals surface area (Å²) in [6, 6.07) is 12.2. The molecule has 0 radical (unpaired) electrons. The quantitative estimate of drug-likeness (QED) is 0.909. The lowest BCUT2D eigenvalue weighted by Gasteiger charge is -2.30. The first kappa shape index (κ1) is 13.1. The summed E-state index contributed by atoms with van der Waals surface area (Å²) >= 11 is 0. The summed E-state index contributed by atoms with van der Waals surface area (Å²) in [4.78, 5) is 2.10. The number of piperidine rings is 1. The minimum absolute atomic E-state index is 0.248. The highest BCUT2D eigenvalue weighted by atomic mass is 16.3. The molecule has 1 atom stereocenters. The number of nitrogens with zero attached hydrogens (tertiary/aromatic N) is 3. The molecule has 0 spiro atoms. The third-order valence-corrected chi connectivity index (χ3v) is 3.72. The van der Waals surface area contributed by atoms with E-state index < -0.39 is 0 Å². The summed E-state index contributed by atoms with van der Waals surface area (Å²) in [6.45, 7) is 3.66. The van der Waals surface area contributed by atoms with Crippen LogP contribution in [0.2, 0.25) is 0 Å². The average molecular weight is 269 g/mol. The molecule has 0 saturated carbocycles. The van der Waals surface area contributed by atoms with Crippen molar-refractivity contribution < 1.29 is 5.11 Å². The minimum atomic E-state index is -0.248. The molecule has 1 fully saturated rings. The molecule has 1 aliphatic heterocycles. The largest absolute Gasteiger partial charge is 0.391 e. The van der Waals surface area contributed by atoms with Crippen molar-refractivity contribution in [1.29, 1.82) is 0 Å². The van der Waals surface area contributed by atoms with Crippen molar-refractivity contribution in [3.8, 4) is 11.3 Å². The van der Waals surface area contributed by atoms with Crippen molar-refractivity contribution in [3.05, 3.63) is 42.0 Å². The van der Waals surface area contributed by atoms with Gasteiger partial charge in [0.15, 0.2) is 5.82 Å². The van der Waals surface area contributed by atoms with Gasteiger partial charge < -0.3 is 10.0 Å². The predicted molar refractivity (Wildman–Crippen MR) is 79.7 cm³/mol. The number of aromatic nitrogens is 2. The summed E-state index contributed by atoms with van der Waals surface area (Å²) in [5, 5.41) is 18.3. The molecule has 3 rings (SSSR count). The van der Waals surface area contributed by atoms with Gasteiger partial charge in [-0.15, -0.1) is 10.2 Å². The molecule has 2 heterocycles. The smallest absolute Gasteiger partial charge is 0.151 e. The molecule has 1 aromatic heterocycles. The van der Waals surface area contributed by atoms with E-state index in [-0.39, 0.29) is 6.10 Å². The van der Waals surface area contributed by atoms with E-state index in [4.69, 9.17) is 0 Å². The fourth-order valence-corrected chi connectivity index (χ4v) is 2.53. The molecular formula is C16H19N3O. The van der Waals surface area contributed by atoms with E-state index in [2.05, 4.69) is 46.3 Å². The number of aliphatic hydroxyl groups is 1. The summed E-state index contributed by atoms with van der Waals surface area (Å²) in [7, 11) is 0. The Bertz CT molecular complexity index is 565. The highest BCUT2D eigenvalue weighted by molar-refractivity contribution is 5.60. The predicted octanol–water partition coefficient (Wildman–Crippen LogP) is 2.41. The SMILES string of the molecule is Cc1ccc(-c2ccc(N3CCCC(O)C3)nn2)cc1. The molecule has 0 amide bonds. The topological polar surface area (TPSA) is 49.2 Å². The fraction of sp³-hybridized carbons (Fsp3) is 0.375. The van der Waals surface area contributed by atoms with E-state index in [1.807, 2.05) is 12.1 Å². The Morgan fingerprint density at radius 3 is 2.55 bits per heavy atom. The van der Waals surface area contributed by atoms with E-state index >= 15 is 0 Å². The zero-order valence-electron chi connectivity index (χ0n) is 11.7. The Morgan fingerprint density at radius 2 is 1.90 bits per heavy atom. The first-order valence-electron chi connectivity index (χ1n) is 7.06. The minimum Gasteiger partial charge on any atom is -0.391 e. The van der Waals surface area contributed by atoms with Crippen LogP contribution in [0.5, 0.6) is 0 Å². The molecule has 0 bridgehead atoms. The molecular weight excluding hydrogens is 250 g/mol. The van der Waals surface area contributed by atoms with Crippen LogP contribution in [0.25, 0.3) is 11.3 Å². The van der Waals surface area contributed by atoms with Gasteiger partial charge in [0, 0.05) is 18.7 Å². The third-order valence-electron chi connectivity index (χ3n) is 3.72. The third kappa shape index (κ3) is 2.80. The Morgan fingerprint density at radius 1 is 1.10 bits per heavy atom. The Labute approximate surface area is 119 Å². The maximum Gasteiger partial charge on any atom is 0.151 e. The molecule has 1 unspecified atom stereocenters. The molecule has 1 N–H and O–H groups in total. The lowest BCUT2D eigenvalue weighted by Crippen LogP contribution is -2.38. The lowest BCUT2D eigenvalue weighted by atomic mass is 10.1. The lowest BCUT2D eigenvalue weighted by molar-refractivity contribution is 0.154. The van der Waals surface area contributed by atoms with Gasteiger partial charge in [0.05, 0.1) is 11.8 Å². The van der Waals surface area contributed by atoms with E-state index in [0.717, 1.165) is 36.5 Å². The van der Waals surface area contributed by atoms with E-state index in [1.165, 1.54) is 5.56 Å². The molecule has 1 aliphatic rings. The number of benzene rings is 1. The van der Waals surface area contributed by atoms with Crippen LogP contribution in [0.1, 0.15) is 18.4 Å². The van der Waals surface area contributed by atoms with Crippen LogP contribution in [0.15, 0.2) is 36.4 Å². The van der Waals surface area contributed by atoms with Crippen molar-refractivity contribution in [3.63, 3.8) is 0 Å². The van der Waals surface area contributed by atoms with Gasteiger partial charge in [-0.25, -0.2) is 0 Å². The monoisotopic (exact) mass is 269 g/mol. The number of aliphatic hydroxyl groups excluding tert-OH is 1. The van der Waals surface area contributed by atoms with Gasteiger partial charge in [-0.2, -0.15) is 0 Å². The summed E-state index contributed by atoms with van der Waals surface area (Å²) in [5.74, 6) is 0.847. The van der Waals surface area contributed by atoms with Crippen molar-refractivity contribution >= 4 is 5.82 Å². The Balaban J connectivity index is 1.78. The van der Waals surface area contributed by atoms with Crippen LogP contribution in [0.4, 0.5) is 5.82 Å². The van der Waals surface area contributed by atoms with Crippen molar-refractivity contribution in [2.24, 2.45) is 0 Å². The van der Waals surface area contributed by atoms with Crippen LogP contribution in [0, 0.1) is 6.92 Å². The van der Waals surface area contributed by atoms with Crippen LogP contribution in [0.3, 0.4) is 0 Å². The van der Waals surface area contributed by atoms with Gasteiger partial charge in [0.25, 0.3) is 0 Å². The molecule has 4 heteroatoms. The highest BCUT2D eigenvalue weighted by Gasteiger charge is 2.19. The molecule has 0 aliphatic carbocycles. The van der Waals surface area contributed by atoms with E-state index in [0.29, 0.717) is 6.54 Å². The molecule has 4 nitrogen and oxygen atoms in total. The van der Waals surface area contributed by atoms with Gasteiger partial charge in [0.2, 0.25) is 0 Å². The molecule has 1 saturated heterocycles. The van der Waals surface area contributed by atoms with Crippen molar-refractivity contribution in [2.75, 3.05) is 18.0 Å². The van der Waals surface area contributed by atoms with Crippen molar-refractivity contribution in [2.45, 2.75) is 25.9 Å². The van der Waals surface area contributed by atoms with Gasteiger partial charge in [-0.1, -0.05) is 29.8 Å². The number of hydrogen-bond donors (Lipinski definition) is 1. The zero-order valence-corrected chi connectivity index (χ0v) is 11.7. The zero-order chi connectivity index (χ0) is 13.9. The van der Waals surface area contributed by atoms with Crippen molar-refractivity contribution in [1.82, 2.24) is 10.2 Å². The number of anilines is 1. The second kappa shape index (κ2) is 5.59. The molecule has 104 valence electrons. The number of aryl methyl sites for hydroxylation is 1. The first-order chi connectivity index (χ1) is 9.72. The van der Waals surface area contributed by atoms with Gasteiger partial charge in [-0.3, -0.25) is 0 Å². The maximum absolute atomic E-state index is 9.71. The van der Waals surface area contributed by atoms with Crippen LogP contribution in [-0.2, 0) is 0 Å². The standard InChI is InChI=1S/C16H19N3O/c1-12-4-6-13(7-5-12)15-8-9-16(18-17-15)19-10-2-3-14(20)11-19/h4-9,14,20H,2-3,10-11H2,1H3. The van der Waals surface area contributed by atoms with Crippen LogP contribution >= 0.6 is 0 Å². The first-order valence-corrected chi connectivity index (χ1v) is 7.06. The van der Waals surface area contributed by atoms with E-state index in [1.54, 1.807) is 0 Å². The highest BCUT2D eigenvalue weighted by Crippen LogP contribution is 2.21. The average Bonchev–Trinajstić information content (AvgIpc) is 2.48. The number of rotatable bonds is 2. The summed E-state index contributed by atoms with van der Waals surface area (Å²) in [5.41, 5.74) is 3.19. The normalized spacial score (nSPS) is 19.1. The van der Waals surface area contributed by atoms with E-state index in [9.17, 15) is 5.11 Å². The summed E-state index contributed by atoms with van der Waals surface area (Å²) in [6.07, 6.45) is 1.64. The molecule has 1 aromatic carbocycles. The molecule has 20 heavy (non-hydrogen) atoms. The van der Waals surface area contributed by atoms with Gasteiger partial charge in [0.1, 0.15) is 0 Å². The van der Waals surface area contributed by atoms with Crippen LogP contribution < -0.4 is 4.90 Å². The second-order valence-electron chi connectivity index (χ2n) is 5.38. The second-order valence-corrected chi connectivity index (χ2v) is 5.38.